The summed E-state index contributed by atoms with van der Waals surface area (Å²) < 4.78 is 5.44. The van der Waals surface area contributed by atoms with E-state index in [9.17, 15) is 0 Å². The van der Waals surface area contributed by atoms with Crippen LogP contribution in [0.3, 0.4) is 0 Å². The van der Waals surface area contributed by atoms with Crippen LogP contribution in [-0.4, -0.2) is 11.7 Å². The van der Waals surface area contributed by atoms with E-state index in [4.69, 9.17) is 15.3 Å². The molecule has 0 saturated carbocycles. The van der Waals surface area contributed by atoms with E-state index >= 15 is 0 Å². The number of hydrogen-bond donors (Lipinski definition) is 2. The molecule has 0 unspecified atom stereocenters. The van der Waals surface area contributed by atoms with Gasteiger partial charge in [0.1, 0.15) is 11.3 Å². The Morgan fingerprint density at radius 3 is 2.85 bits per heavy atom. The maximum atomic E-state index is 8.83. The van der Waals surface area contributed by atoms with Gasteiger partial charge in [-0.25, -0.2) is 0 Å². The van der Waals surface area contributed by atoms with E-state index in [2.05, 4.69) is 0 Å². The molecule has 0 bridgehead atoms. The van der Waals surface area contributed by atoms with E-state index in [1.165, 1.54) is 0 Å². The normalized spacial score (nSPS) is 13.4. The van der Waals surface area contributed by atoms with Crippen molar-refractivity contribution in [1.82, 2.24) is 0 Å². The summed E-state index contributed by atoms with van der Waals surface area (Å²) in [5.41, 5.74) is 6.42. The Labute approximate surface area is 75.8 Å². The fraction of sp³-hybridized carbons (Fsp3) is 0.200. The number of para-hydroxylation sites is 1. The molecule has 13 heavy (non-hydrogen) atoms. The second-order valence-corrected chi connectivity index (χ2v) is 2.98. The first-order valence-corrected chi connectivity index (χ1v) is 4.16. The van der Waals surface area contributed by atoms with Crippen LogP contribution >= 0.6 is 0 Å². The minimum atomic E-state index is -0.424. The largest absolute Gasteiger partial charge is 0.459 e. The van der Waals surface area contributed by atoms with E-state index in [1.807, 2.05) is 30.3 Å². The van der Waals surface area contributed by atoms with Gasteiger partial charge in [-0.15, -0.1) is 0 Å². The van der Waals surface area contributed by atoms with Gasteiger partial charge in [0.25, 0.3) is 0 Å². The van der Waals surface area contributed by atoms with E-state index in [1.54, 1.807) is 0 Å². The lowest BCUT2D eigenvalue weighted by Crippen LogP contribution is -2.13. The monoisotopic (exact) mass is 177 g/mol. The molecule has 2 rings (SSSR count). The minimum absolute atomic E-state index is 0.0974. The second kappa shape index (κ2) is 3.20. The average molecular weight is 177 g/mol. The zero-order valence-electron chi connectivity index (χ0n) is 7.10. The van der Waals surface area contributed by atoms with Crippen molar-refractivity contribution in [3.05, 3.63) is 36.1 Å². The van der Waals surface area contributed by atoms with Gasteiger partial charge in [-0.05, 0) is 12.1 Å². The van der Waals surface area contributed by atoms with Gasteiger partial charge in [0.05, 0.1) is 12.6 Å². The van der Waals surface area contributed by atoms with Gasteiger partial charge in [0.2, 0.25) is 0 Å². The highest BCUT2D eigenvalue weighted by atomic mass is 16.3. The molecule has 0 aliphatic heterocycles. The summed E-state index contributed by atoms with van der Waals surface area (Å²) in [6.07, 6.45) is 0. The summed E-state index contributed by atoms with van der Waals surface area (Å²) in [5.74, 6) is 0.628. The molecule has 0 radical (unpaired) electrons. The topological polar surface area (TPSA) is 59.4 Å². The van der Waals surface area contributed by atoms with Crippen LogP contribution in [0.25, 0.3) is 11.0 Å². The maximum absolute atomic E-state index is 8.83. The van der Waals surface area contributed by atoms with Crippen LogP contribution in [0.1, 0.15) is 11.8 Å². The number of rotatable bonds is 2. The van der Waals surface area contributed by atoms with Gasteiger partial charge >= 0.3 is 0 Å². The van der Waals surface area contributed by atoms with Crippen LogP contribution in [0, 0.1) is 0 Å². The fourth-order valence-corrected chi connectivity index (χ4v) is 1.28. The number of benzene rings is 1. The van der Waals surface area contributed by atoms with Crippen molar-refractivity contribution in [2.75, 3.05) is 6.61 Å². The molecule has 68 valence electrons. The zero-order chi connectivity index (χ0) is 9.26. The fourth-order valence-electron chi connectivity index (χ4n) is 1.28. The van der Waals surface area contributed by atoms with Crippen LogP contribution < -0.4 is 5.73 Å². The highest BCUT2D eigenvalue weighted by Gasteiger charge is 2.09. The van der Waals surface area contributed by atoms with Crippen molar-refractivity contribution < 1.29 is 9.52 Å². The Hall–Kier alpha value is -1.32. The lowest BCUT2D eigenvalue weighted by Gasteiger charge is -2.01. The summed E-state index contributed by atoms with van der Waals surface area (Å²) in [7, 11) is 0. The third-order valence-corrected chi connectivity index (χ3v) is 2.01. The molecule has 0 aliphatic rings. The SMILES string of the molecule is N[C@H](CO)c1cc2ccccc2o1. The Morgan fingerprint density at radius 1 is 1.38 bits per heavy atom. The van der Waals surface area contributed by atoms with Gasteiger partial charge in [0.15, 0.2) is 0 Å². The molecule has 0 amide bonds. The predicted molar refractivity (Wildman–Crippen MR) is 50.2 cm³/mol. The minimum Gasteiger partial charge on any atom is -0.459 e. The maximum Gasteiger partial charge on any atom is 0.134 e. The van der Waals surface area contributed by atoms with Crippen molar-refractivity contribution in [3.8, 4) is 0 Å². The van der Waals surface area contributed by atoms with Gasteiger partial charge in [-0.1, -0.05) is 18.2 Å². The van der Waals surface area contributed by atoms with Crippen LogP contribution in [0.4, 0.5) is 0 Å². The highest BCUT2D eigenvalue weighted by Crippen LogP contribution is 2.22. The summed E-state index contributed by atoms with van der Waals surface area (Å²) in [6, 6.07) is 9.10. The molecular formula is C10H11NO2. The first-order chi connectivity index (χ1) is 6.31. The Morgan fingerprint density at radius 2 is 2.15 bits per heavy atom. The average Bonchev–Trinajstić information content (AvgIpc) is 2.59. The van der Waals surface area contributed by atoms with Crippen LogP contribution in [0.15, 0.2) is 34.7 Å². The quantitative estimate of drug-likeness (QED) is 0.729. The predicted octanol–water partition coefficient (Wildman–Crippen LogP) is 1.42. The second-order valence-electron chi connectivity index (χ2n) is 2.98. The summed E-state index contributed by atoms with van der Waals surface area (Å²) in [5, 5.41) is 9.84. The number of furan rings is 1. The molecule has 0 spiro atoms. The van der Waals surface area contributed by atoms with E-state index in [0.29, 0.717) is 5.76 Å². The first-order valence-electron chi connectivity index (χ1n) is 4.16. The first kappa shape index (κ1) is 8.29. The lowest BCUT2D eigenvalue weighted by molar-refractivity contribution is 0.254. The van der Waals surface area contributed by atoms with Crippen molar-refractivity contribution >= 4 is 11.0 Å². The molecule has 1 heterocycles. The van der Waals surface area contributed by atoms with Crippen molar-refractivity contribution in [2.24, 2.45) is 5.73 Å². The summed E-state index contributed by atoms with van der Waals surface area (Å²) >= 11 is 0. The molecule has 1 aromatic heterocycles. The van der Waals surface area contributed by atoms with Crippen molar-refractivity contribution in [3.63, 3.8) is 0 Å². The number of fused-ring (bicyclic) bond motifs is 1. The Balaban J connectivity index is 2.49. The molecule has 3 N–H and O–H groups in total. The van der Waals surface area contributed by atoms with E-state index in [0.717, 1.165) is 11.0 Å². The van der Waals surface area contributed by atoms with Crippen molar-refractivity contribution in [1.29, 1.82) is 0 Å². The van der Waals surface area contributed by atoms with Gasteiger partial charge in [-0.3, -0.25) is 0 Å². The van der Waals surface area contributed by atoms with Crippen molar-refractivity contribution in [2.45, 2.75) is 6.04 Å². The zero-order valence-corrected chi connectivity index (χ0v) is 7.10. The smallest absolute Gasteiger partial charge is 0.134 e. The molecule has 0 fully saturated rings. The number of nitrogens with two attached hydrogens (primary N) is 1. The number of aliphatic hydroxyl groups is 1. The lowest BCUT2D eigenvalue weighted by atomic mass is 10.2. The van der Waals surface area contributed by atoms with Gasteiger partial charge < -0.3 is 15.3 Å². The molecule has 2 aromatic rings. The van der Waals surface area contributed by atoms with Crippen LogP contribution in [0.2, 0.25) is 0 Å². The van der Waals surface area contributed by atoms with E-state index < -0.39 is 6.04 Å². The van der Waals surface area contributed by atoms with Gasteiger partial charge in [0, 0.05) is 5.39 Å². The van der Waals surface area contributed by atoms with E-state index in [-0.39, 0.29) is 6.61 Å². The third-order valence-electron chi connectivity index (χ3n) is 2.01. The van der Waals surface area contributed by atoms with Gasteiger partial charge in [-0.2, -0.15) is 0 Å². The molecule has 3 heteroatoms. The number of hydrogen-bond acceptors (Lipinski definition) is 3. The molecule has 0 aliphatic carbocycles. The molecule has 1 atom stereocenters. The molecule has 1 aromatic carbocycles. The standard InChI is InChI=1S/C10H11NO2/c11-8(6-12)10-5-7-3-1-2-4-9(7)13-10/h1-5,8,12H,6,11H2/t8-/m1/s1. The molecule has 0 saturated heterocycles. The third kappa shape index (κ3) is 1.43. The summed E-state index contributed by atoms with van der Waals surface area (Å²) in [4.78, 5) is 0. The van der Waals surface area contributed by atoms with Crippen LogP contribution in [-0.2, 0) is 0 Å². The Bertz CT molecular complexity index is 375. The summed E-state index contributed by atoms with van der Waals surface area (Å²) in [6.45, 7) is -0.0974. The number of aliphatic hydroxyl groups excluding tert-OH is 1. The Kier molecular flexibility index (Phi) is 2.04. The highest BCUT2D eigenvalue weighted by molar-refractivity contribution is 5.77. The molecule has 3 nitrogen and oxygen atoms in total. The molecular weight excluding hydrogens is 166 g/mol. The van der Waals surface area contributed by atoms with Crippen LogP contribution in [0.5, 0.6) is 0 Å².